The number of rotatable bonds is 9. The van der Waals surface area contributed by atoms with Gasteiger partial charge in [-0.25, -0.2) is 4.68 Å². The van der Waals surface area contributed by atoms with Gasteiger partial charge in [-0.3, -0.25) is 4.79 Å². The lowest BCUT2D eigenvalue weighted by molar-refractivity contribution is -0.139. The van der Waals surface area contributed by atoms with Gasteiger partial charge in [-0.15, -0.1) is 5.10 Å². The molecule has 1 aromatic heterocycles. The van der Waals surface area contributed by atoms with Crippen molar-refractivity contribution in [3.63, 3.8) is 0 Å². The fraction of sp³-hybridized carbons (Fsp3) is 0.538. The third-order valence-corrected chi connectivity index (χ3v) is 6.10. The van der Waals surface area contributed by atoms with E-state index in [4.69, 9.17) is 10.00 Å². The van der Waals surface area contributed by atoms with Gasteiger partial charge in [0.15, 0.2) is 5.69 Å². The normalized spacial score (nSPS) is 19.2. The molecule has 33 heavy (non-hydrogen) atoms. The molecule has 0 radical (unpaired) electrons. The third kappa shape index (κ3) is 7.17. The number of benzene rings is 1. The molecule has 2 aromatic rings. The fourth-order valence-electron chi connectivity index (χ4n) is 4.16. The van der Waals surface area contributed by atoms with Gasteiger partial charge in [-0.1, -0.05) is 48.4 Å². The van der Waals surface area contributed by atoms with Crippen molar-refractivity contribution < 1.29 is 9.53 Å². The van der Waals surface area contributed by atoms with E-state index in [1.807, 2.05) is 55.2 Å². The van der Waals surface area contributed by atoms with Gasteiger partial charge < -0.3 is 9.64 Å². The van der Waals surface area contributed by atoms with Gasteiger partial charge in [0.2, 0.25) is 5.91 Å². The number of aromatic nitrogens is 3. The van der Waals surface area contributed by atoms with Crippen LogP contribution in [0.5, 0.6) is 0 Å². The summed E-state index contributed by atoms with van der Waals surface area (Å²) in [4.78, 5) is 14.7. The minimum absolute atomic E-state index is 0.0569. The summed E-state index contributed by atoms with van der Waals surface area (Å²) in [7, 11) is 1.86. The molecule has 1 aliphatic rings. The van der Waals surface area contributed by atoms with Crippen molar-refractivity contribution in [3.8, 4) is 17.9 Å². The molecular weight excluding hydrogens is 414 g/mol. The van der Waals surface area contributed by atoms with Crippen molar-refractivity contribution in [2.24, 2.45) is 5.92 Å². The lowest BCUT2D eigenvalue weighted by Crippen LogP contribution is -2.37. The number of ether oxygens (including phenoxy) is 1. The minimum atomic E-state index is -0.173. The average molecular weight is 448 g/mol. The summed E-state index contributed by atoms with van der Waals surface area (Å²) in [6.07, 6.45) is 6.53. The van der Waals surface area contributed by atoms with Gasteiger partial charge in [-0.2, -0.15) is 5.26 Å². The first-order valence-corrected chi connectivity index (χ1v) is 11.7. The zero-order valence-corrected chi connectivity index (χ0v) is 19.8. The van der Waals surface area contributed by atoms with E-state index in [9.17, 15) is 4.79 Å². The molecule has 0 spiro atoms. The van der Waals surface area contributed by atoms with E-state index >= 15 is 0 Å². The van der Waals surface area contributed by atoms with Crippen molar-refractivity contribution in [3.05, 3.63) is 47.8 Å². The van der Waals surface area contributed by atoms with Gasteiger partial charge in [-0.05, 0) is 44.1 Å². The molecule has 1 amide bonds. The van der Waals surface area contributed by atoms with Crippen molar-refractivity contribution in [1.29, 1.82) is 5.26 Å². The summed E-state index contributed by atoms with van der Waals surface area (Å²) in [5.74, 6) is 5.99. The Kier molecular flexibility index (Phi) is 9.04. The van der Waals surface area contributed by atoms with Crippen molar-refractivity contribution in [1.82, 2.24) is 19.9 Å². The lowest BCUT2D eigenvalue weighted by atomic mass is 9.99. The maximum absolute atomic E-state index is 12.9. The number of unbranched alkanes of at least 4 members (excludes halogenated alkanes) is 2. The van der Waals surface area contributed by atoms with Crippen LogP contribution in [0.1, 0.15) is 69.7 Å². The molecule has 7 nitrogen and oxygen atoms in total. The van der Waals surface area contributed by atoms with E-state index in [1.165, 1.54) is 0 Å². The van der Waals surface area contributed by atoms with Crippen molar-refractivity contribution >= 4 is 5.91 Å². The summed E-state index contributed by atoms with van der Waals surface area (Å²) in [6.45, 7) is 4.67. The van der Waals surface area contributed by atoms with E-state index in [2.05, 4.69) is 35.1 Å². The van der Waals surface area contributed by atoms with E-state index in [1.54, 1.807) is 4.90 Å². The minimum Gasteiger partial charge on any atom is -0.374 e. The second-order valence-corrected chi connectivity index (χ2v) is 8.82. The van der Waals surface area contributed by atoms with Crippen molar-refractivity contribution in [2.75, 3.05) is 7.05 Å². The molecule has 0 saturated carbocycles. The Hall–Kier alpha value is -3.16. The van der Waals surface area contributed by atoms with E-state index in [-0.39, 0.29) is 30.1 Å². The topological polar surface area (TPSA) is 84.0 Å². The maximum Gasteiger partial charge on any atom is 0.228 e. The van der Waals surface area contributed by atoms with Crippen LogP contribution in [0.25, 0.3) is 0 Å². The predicted molar refractivity (Wildman–Crippen MR) is 126 cm³/mol. The van der Waals surface area contributed by atoms with Crippen LogP contribution in [-0.2, 0) is 16.1 Å². The highest BCUT2D eigenvalue weighted by molar-refractivity contribution is 5.78. The number of hydrogen-bond acceptors (Lipinski definition) is 5. The number of nitrogens with zero attached hydrogens (tertiary/aromatic N) is 5. The first-order chi connectivity index (χ1) is 16.0. The first kappa shape index (κ1) is 24.5. The summed E-state index contributed by atoms with van der Waals surface area (Å²) >= 11 is 0. The van der Waals surface area contributed by atoms with Crippen LogP contribution in [0.3, 0.4) is 0 Å². The summed E-state index contributed by atoms with van der Waals surface area (Å²) in [5.41, 5.74) is 1.77. The molecule has 0 N–H and O–H groups in total. The number of amides is 1. The quantitative estimate of drug-likeness (QED) is 0.427. The summed E-state index contributed by atoms with van der Waals surface area (Å²) in [5, 5.41) is 16.9. The first-order valence-electron chi connectivity index (χ1n) is 11.7. The molecule has 3 rings (SSSR count). The monoisotopic (exact) mass is 447 g/mol. The molecule has 1 aromatic carbocycles. The number of nitriles is 1. The molecule has 174 valence electrons. The van der Waals surface area contributed by atoms with Crippen LogP contribution in [0.15, 0.2) is 36.5 Å². The Morgan fingerprint density at radius 2 is 2.06 bits per heavy atom. The number of hydrogen-bond donors (Lipinski definition) is 0. The van der Waals surface area contributed by atoms with Crippen LogP contribution in [0, 0.1) is 29.1 Å². The largest absolute Gasteiger partial charge is 0.374 e. The van der Waals surface area contributed by atoms with Crippen LogP contribution < -0.4 is 0 Å². The summed E-state index contributed by atoms with van der Waals surface area (Å²) < 4.78 is 8.11. The van der Waals surface area contributed by atoms with E-state index < -0.39 is 0 Å². The molecule has 4 atom stereocenters. The maximum atomic E-state index is 12.9. The average Bonchev–Trinajstić information content (AvgIpc) is 3.48. The summed E-state index contributed by atoms with van der Waals surface area (Å²) in [6, 6.07) is 12.3. The molecule has 7 heteroatoms. The molecule has 1 aliphatic heterocycles. The van der Waals surface area contributed by atoms with Crippen LogP contribution in [0.4, 0.5) is 0 Å². The number of carbonyl (C=O) groups excluding carboxylic acids is 1. The Balaban J connectivity index is 1.46. The molecule has 0 unspecified atom stereocenters. The second-order valence-electron chi connectivity index (χ2n) is 8.82. The Labute approximate surface area is 196 Å². The van der Waals surface area contributed by atoms with E-state index in [0.29, 0.717) is 25.1 Å². The standard InChI is InChI=1S/C26H33N5O2/c1-20(31-19-23(28-29-31)13-9-4-5-10-16-27)17-24-14-15-25(33-24)21(2)26(32)30(3)18-22-11-7-6-8-12-22/h6-8,11-12,19-21,24-25H,4-5,10,14-15,17-18H2,1-3H3/t20-,21-,24+,25-/m1/s1. The smallest absolute Gasteiger partial charge is 0.228 e. The highest BCUT2D eigenvalue weighted by atomic mass is 16.5. The van der Waals surface area contributed by atoms with E-state index in [0.717, 1.165) is 31.2 Å². The van der Waals surface area contributed by atoms with Crippen LogP contribution in [0.2, 0.25) is 0 Å². The molecule has 2 heterocycles. The Morgan fingerprint density at radius 3 is 2.82 bits per heavy atom. The SMILES string of the molecule is C[C@H](C[C@@H]1CC[C@H]([C@@H](C)C(=O)N(C)Cc2ccccc2)O1)n1cc(C#CCCCC#N)nn1. The van der Waals surface area contributed by atoms with Gasteiger partial charge >= 0.3 is 0 Å². The predicted octanol–water partition coefficient (Wildman–Crippen LogP) is 4.12. The lowest BCUT2D eigenvalue weighted by Gasteiger charge is -2.26. The van der Waals surface area contributed by atoms with Crippen molar-refractivity contribution in [2.45, 2.75) is 77.2 Å². The molecule has 0 bridgehead atoms. The Morgan fingerprint density at radius 1 is 1.27 bits per heavy atom. The highest BCUT2D eigenvalue weighted by Crippen LogP contribution is 2.31. The van der Waals surface area contributed by atoms with Gasteiger partial charge in [0.05, 0.1) is 36.4 Å². The molecule has 0 aliphatic carbocycles. The molecule has 1 saturated heterocycles. The zero-order chi connectivity index (χ0) is 23.6. The fourth-order valence-corrected chi connectivity index (χ4v) is 4.16. The molecular formula is C26H33N5O2. The molecule has 1 fully saturated rings. The van der Waals surface area contributed by atoms with Gasteiger partial charge in [0, 0.05) is 26.4 Å². The van der Waals surface area contributed by atoms with Gasteiger partial charge in [0.1, 0.15) is 0 Å². The highest BCUT2D eigenvalue weighted by Gasteiger charge is 2.35. The second kappa shape index (κ2) is 12.2. The van der Waals surface area contributed by atoms with Crippen LogP contribution in [-0.4, -0.2) is 45.1 Å². The zero-order valence-electron chi connectivity index (χ0n) is 19.8. The Bertz CT molecular complexity index is 1000. The third-order valence-electron chi connectivity index (χ3n) is 6.10. The van der Waals surface area contributed by atoms with Crippen LogP contribution >= 0.6 is 0 Å². The number of carbonyl (C=O) groups is 1. The van der Waals surface area contributed by atoms with Gasteiger partial charge in [0.25, 0.3) is 0 Å².